The highest BCUT2D eigenvalue weighted by atomic mass is 35.5. The Morgan fingerprint density at radius 3 is 2.47 bits per heavy atom. The molecule has 7 heteroatoms. The zero-order chi connectivity index (χ0) is 13.2. The molecule has 0 spiro atoms. The molecule has 2 aliphatic rings. The van der Waals surface area contributed by atoms with Crippen molar-refractivity contribution in [2.45, 2.75) is 50.7 Å². The Hall–Kier alpha value is 0.120. The zero-order valence-corrected chi connectivity index (χ0v) is 13.1. The maximum atomic E-state index is 12.2. The van der Waals surface area contributed by atoms with Gasteiger partial charge < -0.3 is 10.5 Å². The first-order chi connectivity index (χ1) is 8.45. The number of nitrogens with two attached hydrogens (primary N) is 1. The van der Waals surface area contributed by atoms with Crippen molar-refractivity contribution in [3.63, 3.8) is 0 Å². The fourth-order valence-electron chi connectivity index (χ4n) is 2.59. The number of hydrogen-bond donors (Lipinski definition) is 2. The molecule has 1 saturated heterocycles. The molecule has 0 amide bonds. The van der Waals surface area contributed by atoms with Crippen LogP contribution >= 0.6 is 12.4 Å². The fraction of sp³-hybridized carbons (Fsp3) is 1.00. The van der Waals surface area contributed by atoms with Gasteiger partial charge in [0.1, 0.15) is 0 Å². The minimum atomic E-state index is -3.31. The van der Waals surface area contributed by atoms with Crippen LogP contribution in [0.3, 0.4) is 0 Å². The third-order valence-corrected chi connectivity index (χ3v) is 5.56. The van der Waals surface area contributed by atoms with Gasteiger partial charge in [0.2, 0.25) is 10.0 Å². The van der Waals surface area contributed by atoms with Gasteiger partial charge in [-0.3, -0.25) is 0 Å². The van der Waals surface area contributed by atoms with Gasteiger partial charge in [-0.1, -0.05) is 0 Å². The van der Waals surface area contributed by atoms with Crippen molar-refractivity contribution in [1.82, 2.24) is 4.72 Å². The molecule has 1 saturated carbocycles. The Bertz CT molecular complexity index is 380. The highest BCUT2D eigenvalue weighted by Crippen LogP contribution is 2.39. The van der Waals surface area contributed by atoms with E-state index in [9.17, 15) is 8.42 Å². The summed E-state index contributed by atoms with van der Waals surface area (Å²) in [6, 6.07) is 0. The number of hydrogen-bond acceptors (Lipinski definition) is 4. The molecule has 0 aromatic carbocycles. The van der Waals surface area contributed by atoms with Crippen molar-refractivity contribution in [3.05, 3.63) is 0 Å². The monoisotopic (exact) mass is 312 g/mol. The van der Waals surface area contributed by atoms with Gasteiger partial charge in [-0.2, -0.15) is 0 Å². The molecule has 1 aliphatic heterocycles. The molecule has 2 atom stereocenters. The van der Waals surface area contributed by atoms with E-state index in [4.69, 9.17) is 10.5 Å². The van der Waals surface area contributed by atoms with E-state index in [-0.39, 0.29) is 24.3 Å². The van der Waals surface area contributed by atoms with Crippen molar-refractivity contribution in [2.24, 2.45) is 11.7 Å². The molecule has 0 bridgehead atoms. The fourth-order valence-corrected chi connectivity index (χ4v) is 4.39. The highest BCUT2D eigenvalue weighted by molar-refractivity contribution is 7.89. The third-order valence-electron chi connectivity index (χ3n) is 3.97. The maximum absolute atomic E-state index is 12.2. The van der Waals surface area contributed by atoms with Crippen LogP contribution in [0.15, 0.2) is 0 Å². The van der Waals surface area contributed by atoms with Crippen molar-refractivity contribution < 1.29 is 13.2 Å². The second kappa shape index (κ2) is 6.72. The lowest BCUT2D eigenvalue weighted by molar-refractivity contribution is 0.0303. The number of rotatable bonds is 6. The first kappa shape index (κ1) is 17.2. The SMILES string of the molecule is CC(CN)(NS(=O)(=O)CC1CCCCO1)C1CC1.Cl. The van der Waals surface area contributed by atoms with E-state index in [2.05, 4.69) is 4.72 Å². The van der Waals surface area contributed by atoms with Gasteiger partial charge >= 0.3 is 0 Å². The van der Waals surface area contributed by atoms with Gasteiger partial charge in [-0.05, 0) is 44.9 Å². The Kier molecular flexibility index (Phi) is 6.07. The molecule has 0 aromatic rings. The van der Waals surface area contributed by atoms with Crippen LogP contribution in [0, 0.1) is 5.92 Å². The van der Waals surface area contributed by atoms with Gasteiger partial charge in [-0.25, -0.2) is 13.1 Å². The molecule has 2 unspecified atom stereocenters. The Balaban J connectivity index is 0.00000180. The average molecular weight is 313 g/mol. The normalized spacial score (nSPS) is 27.4. The van der Waals surface area contributed by atoms with E-state index < -0.39 is 15.6 Å². The standard InChI is InChI=1S/C12H24N2O3S.ClH/c1-12(9-13,10-5-6-10)14-18(15,16)8-11-4-2-3-7-17-11;/h10-11,14H,2-9,13H2,1H3;1H. The lowest BCUT2D eigenvalue weighted by Gasteiger charge is -2.30. The molecule has 0 aromatic heterocycles. The second-order valence-corrected chi connectivity index (χ2v) is 7.53. The molecule has 1 aliphatic carbocycles. The summed E-state index contributed by atoms with van der Waals surface area (Å²) >= 11 is 0. The summed E-state index contributed by atoms with van der Waals surface area (Å²) < 4.78 is 32.6. The molecule has 3 N–H and O–H groups in total. The topological polar surface area (TPSA) is 81.4 Å². The number of sulfonamides is 1. The summed E-state index contributed by atoms with van der Waals surface area (Å²) in [6.45, 7) is 2.93. The molecule has 2 fully saturated rings. The Morgan fingerprint density at radius 2 is 2.00 bits per heavy atom. The van der Waals surface area contributed by atoms with E-state index >= 15 is 0 Å². The van der Waals surface area contributed by atoms with Gasteiger partial charge in [-0.15, -0.1) is 12.4 Å². The summed E-state index contributed by atoms with van der Waals surface area (Å²) in [5.41, 5.74) is 5.25. The van der Waals surface area contributed by atoms with Crippen molar-refractivity contribution in [2.75, 3.05) is 18.9 Å². The Morgan fingerprint density at radius 1 is 1.32 bits per heavy atom. The lowest BCUT2D eigenvalue weighted by atomic mass is 9.98. The third kappa shape index (κ3) is 4.86. The van der Waals surface area contributed by atoms with Crippen LogP contribution in [-0.4, -0.2) is 39.0 Å². The predicted octanol–water partition coefficient (Wildman–Crippen LogP) is 1.02. The Labute approximate surface area is 122 Å². The molecule has 5 nitrogen and oxygen atoms in total. The minimum Gasteiger partial charge on any atom is -0.377 e. The summed E-state index contributed by atoms with van der Waals surface area (Å²) in [5.74, 6) is 0.458. The molecular formula is C12H25ClN2O3S. The number of halogens is 1. The maximum Gasteiger partial charge on any atom is 0.214 e. The second-order valence-electron chi connectivity index (χ2n) is 5.77. The van der Waals surface area contributed by atoms with Crippen LogP contribution in [0.1, 0.15) is 39.0 Å². The molecule has 1 heterocycles. The van der Waals surface area contributed by atoms with Gasteiger partial charge in [0.25, 0.3) is 0 Å². The van der Waals surface area contributed by atoms with Crippen molar-refractivity contribution >= 4 is 22.4 Å². The number of ether oxygens (including phenoxy) is 1. The summed E-state index contributed by atoms with van der Waals surface area (Å²) in [4.78, 5) is 0. The highest BCUT2D eigenvalue weighted by Gasteiger charge is 2.43. The van der Waals surface area contributed by atoms with Crippen LogP contribution in [-0.2, 0) is 14.8 Å². The van der Waals surface area contributed by atoms with Crippen LogP contribution in [0.4, 0.5) is 0 Å². The summed E-state index contributed by atoms with van der Waals surface area (Å²) in [7, 11) is -3.31. The smallest absolute Gasteiger partial charge is 0.214 e. The van der Waals surface area contributed by atoms with E-state index in [1.807, 2.05) is 6.92 Å². The summed E-state index contributed by atoms with van der Waals surface area (Å²) in [5, 5.41) is 0. The summed E-state index contributed by atoms with van der Waals surface area (Å²) in [6.07, 6.45) is 4.90. The number of nitrogens with one attached hydrogen (secondary N) is 1. The van der Waals surface area contributed by atoms with Crippen molar-refractivity contribution in [3.8, 4) is 0 Å². The molecule has 19 heavy (non-hydrogen) atoms. The molecule has 0 radical (unpaired) electrons. The van der Waals surface area contributed by atoms with Crippen LogP contribution < -0.4 is 10.5 Å². The van der Waals surface area contributed by atoms with Crippen LogP contribution in [0.2, 0.25) is 0 Å². The van der Waals surface area contributed by atoms with E-state index in [1.165, 1.54) is 0 Å². The average Bonchev–Trinajstić information content (AvgIpc) is 3.13. The van der Waals surface area contributed by atoms with E-state index in [1.54, 1.807) is 0 Å². The van der Waals surface area contributed by atoms with E-state index in [0.717, 1.165) is 32.1 Å². The molecule has 114 valence electrons. The first-order valence-corrected chi connectivity index (χ1v) is 8.44. The van der Waals surface area contributed by atoms with Crippen LogP contribution in [0.25, 0.3) is 0 Å². The first-order valence-electron chi connectivity index (χ1n) is 6.78. The quantitative estimate of drug-likeness (QED) is 0.767. The molecular weight excluding hydrogens is 288 g/mol. The molecule has 2 rings (SSSR count). The van der Waals surface area contributed by atoms with Gasteiger partial charge in [0.05, 0.1) is 11.9 Å². The van der Waals surface area contributed by atoms with Gasteiger partial charge in [0, 0.05) is 18.7 Å². The predicted molar refractivity (Wildman–Crippen MR) is 77.9 cm³/mol. The zero-order valence-electron chi connectivity index (χ0n) is 11.4. The minimum absolute atomic E-state index is 0. The largest absolute Gasteiger partial charge is 0.377 e. The van der Waals surface area contributed by atoms with Gasteiger partial charge in [0.15, 0.2) is 0 Å². The van der Waals surface area contributed by atoms with Crippen LogP contribution in [0.5, 0.6) is 0 Å². The van der Waals surface area contributed by atoms with E-state index in [0.29, 0.717) is 19.1 Å². The lowest BCUT2D eigenvalue weighted by Crippen LogP contribution is -2.54. The van der Waals surface area contributed by atoms with Crippen molar-refractivity contribution in [1.29, 1.82) is 0 Å².